The van der Waals surface area contributed by atoms with E-state index in [-0.39, 0.29) is 11.4 Å². The second-order valence-corrected chi connectivity index (χ2v) is 5.09. The number of rotatable bonds is 2. The van der Waals surface area contributed by atoms with Crippen LogP contribution in [-0.2, 0) is 6.18 Å². The smallest absolute Gasteiger partial charge is 0.339 e. The Bertz CT molecular complexity index is 720. The van der Waals surface area contributed by atoms with Gasteiger partial charge in [-0.3, -0.25) is 0 Å². The lowest BCUT2D eigenvalue weighted by atomic mass is 10.2. The molecule has 7 heteroatoms. The zero-order valence-electron chi connectivity index (χ0n) is 10.8. The van der Waals surface area contributed by atoms with Gasteiger partial charge in [0.25, 0.3) is 0 Å². The van der Waals surface area contributed by atoms with Crippen LogP contribution < -0.4 is 5.32 Å². The van der Waals surface area contributed by atoms with Gasteiger partial charge in [-0.15, -0.1) is 0 Å². The summed E-state index contributed by atoms with van der Waals surface area (Å²) in [6, 6.07) is 8.96. The molecule has 0 fully saturated rings. The molecule has 2 aromatic rings. The standard InChI is InChI=1S/C14H9BrF3N3/c1-8-10(15)3-2-4-11(8)20-13-9(7-19)5-6-12(21-13)14(16,17)18/h2-6H,1H3,(H,20,21). The maximum absolute atomic E-state index is 12.7. The molecule has 2 rings (SSSR count). The highest BCUT2D eigenvalue weighted by Gasteiger charge is 2.33. The lowest BCUT2D eigenvalue weighted by molar-refractivity contribution is -0.141. The van der Waals surface area contributed by atoms with Crippen molar-refractivity contribution in [1.29, 1.82) is 5.26 Å². The lowest BCUT2D eigenvalue weighted by Gasteiger charge is -2.13. The van der Waals surface area contributed by atoms with E-state index in [0.717, 1.165) is 22.2 Å². The number of alkyl halides is 3. The third kappa shape index (κ3) is 3.34. The highest BCUT2D eigenvalue weighted by Crippen LogP contribution is 2.31. The number of aromatic nitrogens is 1. The summed E-state index contributed by atoms with van der Waals surface area (Å²) in [5, 5.41) is 11.8. The van der Waals surface area contributed by atoms with Crippen molar-refractivity contribution in [3.05, 3.63) is 51.6 Å². The predicted molar refractivity (Wildman–Crippen MR) is 76.1 cm³/mol. The summed E-state index contributed by atoms with van der Waals surface area (Å²) in [6.07, 6.45) is -4.56. The molecule has 0 saturated carbocycles. The van der Waals surface area contributed by atoms with Gasteiger partial charge in [0.15, 0.2) is 0 Å². The van der Waals surface area contributed by atoms with E-state index in [4.69, 9.17) is 5.26 Å². The quantitative estimate of drug-likeness (QED) is 0.842. The number of nitriles is 1. The highest BCUT2D eigenvalue weighted by atomic mass is 79.9. The van der Waals surface area contributed by atoms with E-state index in [1.54, 1.807) is 19.1 Å². The number of halogens is 4. The zero-order chi connectivity index (χ0) is 15.6. The molecule has 21 heavy (non-hydrogen) atoms. The van der Waals surface area contributed by atoms with E-state index in [2.05, 4.69) is 26.2 Å². The van der Waals surface area contributed by atoms with Crippen molar-refractivity contribution in [2.75, 3.05) is 5.32 Å². The number of pyridine rings is 1. The average molecular weight is 356 g/mol. The number of nitrogens with one attached hydrogen (secondary N) is 1. The predicted octanol–water partition coefficient (Wildman–Crippen LogP) is 4.79. The number of nitrogens with zero attached hydrogens (tertiary/aromatic N) is 2. The van der Waals surface area contributed by atoms with Gasteiger partial charge in [0.05, 0.1) is 5.56 Å². The van der Waals surface area contributed by atoms with Crippen molar-refractivity contribution in [3.63, 3.8) is 0 Å². The van der Waals surface area contributed by atoms with Crippen LogP contribution in [0.4, 0.5) is 24.7 Å². The van der Waals surface area contributed by atoms with Crippen LogP contribution in [0.3, 0.4) is 0 Å². The Hall–Kier alpha value is -2.07. The van der Waals surface area contributed by atoms with E-state index in [1.807, 2.05) is 12.1 Å². The molecule has 0 aliphatic heterocycles. The minimum Gasteiger partial charge on any atom is -0.339 e. The van der Waals surface area contributed by atoms with Crippen LogP contribution in [0.5, 0.6) is 0 Å². The number of benzene rings is 1. The molecule has 0 saturated heterocycles. The minimum atomic E-state index is -4.56. The molecule has 1 heterocycles. The van der Waals surface area contributed by atoms with Gasteiger partial charge < -0.3 is 5.32 Å². The summed E-state index contributed by atoms with van der Waals surface area (Å²) >= 11 is 3.34. The number of hydrogen-bond acceptors (Lipinski definition) is 3. The van der Waals surface area contributed by atoms with Crippen LogP contribution in [0.2, 0.25) is 0 Å². The first-order valence-corrected chi connectivity index (χ1v) is 6.62. The molecule has 108 valence electrons. The molecule has 0 amide bonds. The summed E-state index contributed by atoms with van der Waals surface area (Å²) in [4.78, 5) is 3.51. The Kier molecular flexibility index (Phi) is 4.19. The summed E-state index contributed by atoms with van der Waals surface area (Å²) < 4.78 is 38.9. The van der Waals surface area contributed by atoms with Gasteiger partial charge in [-0.05, 0) is 36.8 Å². The molecule has 0 aliphatic rings. The maximum atomic E-state index is 12.7. The fourth-order valence-electron chi connectivity index (χ4n) is 1.67. The van der Waals surface area contributed by atoms with Crippen LogP contribution in [0.1, 0.15) is 16.8 Å². The Morgan fingerprint density at radius 1 is 1.24 bits per heavy atom. The van der Waals surface area contributed by atoms with Crippen LogP contribution in [0, 0.1) is 18.3 Å². The van der Waals surface area contributed by atoms with Crippen LogP contribution in [-0.4, -0.2) is 4.98 Å². The number of anilines is 2. The average Bonchev–Trinajstić information content (AvgIpc) is 2.43. The minimum absolute atomic E-state index is 0.0439. The molecule has 0 aliphatic carbocycles. The van der Waals surface area contributed by atoms with Gasteiger partial charge in [0, 0.05) is 10.2 Å². The largest absolute Gasteiger partial charge is 0.433 e. The summed E-state index contributed by atoms with van der Waals surface area (Å²) in [6.45, 7) is 1.80. The van der Waals surface area contributed by atoms with Crippen molar-refractivity contribution in [1.82, 2.24) is 4.98 Å². The fourth-order valence-corrected chi connectivity index (χ4v) is 2.04. The van der Waals surface area contributed by atoms with E-state index in [0.29, 0.717) is 5.69 Å². The molecule has 1 aromatic heterocycles. The van der Waals surface area contributed by atoms with E-state index < -0.39 is 11.9 Å². The van der Waals surface area contributed by atoms with E-state index in [1.165, 1.54) is 0 Å². The lowest BCUT2D eigenvalue weighted by Crippen LogP contribution is -2.10. The normalized spacial score (nSPS) is 11.0. The monoisotopic (exact) mass is 355 g/mol. The summed E-state index contributed by atoms with van der Waals surface area (Å²) in [5.41, 5.74) is 0.382. The van der Waals surface area contributed by atoms with Crippen molar-refractivity contribution in [2.24, 2.45) is 0 Å². The fraction of sp³-hybridized carbons (Fsp3) is 0.143. The Morgan fingerprint density at radius 3 is 2.57 bits per heavy atom. The van der Waals surface area contributed by atoms with Gasteiger partial charge in [-0.25, -0.2) is 4.98 Å². The van der Waals surface area contributed by atoms with Crippen molar-refractivity contribution < 1.29 is 13.2 Å². The number of hydrogen-bond donors (Lipinski definition) is 1. The van der Waals surface area contributed by atoms with Crippen LogP contribution in [0.25, 0.3) is 0 Å². The van der Waals surface area contributed by atoms with Gasteiger partial charge in [0.2, 0.25) is 0 Å². The second kappa shape index (κ2) is 5.74. The Morgan fingerprint density at radius 2 is 1.95 bits per heavy atom. The molecular weight excluding hydrogens is 347 g/mol. The summed E-state index contributed by atoms with van der Waals surface area (Å²) in [5.74, 6) is -0.117. The first-order valence-electron chi connectivity index (χ1n) is 5.83. The summed E-state index contributed by atoms with van der Waals surface area (Å²) in [7, 11) is 0. The molecule has 0 unspecified atom stereocenters. The van der Waals surface area contributed by atoms with Crippen LogP contribution >= 0.6 is 15.9 Å². The Labute approximate surface area is 127 Å². The Balaban J connectivity index is 2.48. The van der Waals surface area contributed by atoms with Gasteiger partial charge >= 0.3 is 6.18 Å². The molecular formula is C14H9BrF3N3. The zero-order valence-corrected chi connectivity index (χ0v) is 12.4. The first kappa shape index (κ1) is 15.3. The molecule has 0 atom stereocenters. The van der Waals surface area contributed by atoms with E-state index in [9.17, 15) is 13.2 Å². The van der Waals surface area contributed by atoms with Gasteiger partial charge in [-0.2, -0.15) is 18.4 Å². The van der Waals surface area contributed by atoms with Gasteiger partial charge in [0.1, 0.15) is 17.6 Å². The molecule has 0 bridgehead atoms. The molecule has 3 nitrogen and oxygen atoms in total. The van der Waals surface area contributed by atoms with E-state index >= 15 is 0 Å². The molecule has 0 radical (unpaired) electrons. The molecule has 1 N–H and O–H groups in total. The first-order chi connectivity index (χ1) is 9.82. The molecule has 1 aromatic carbocycles. The topological polar surface area (TPSA) is 48.7 Å². The SMILES string of the molecule is Cc1c(Br)cccc1Nc1nc(C(F)(F)F)ccc1C#N. The highest BCUT2D eigenvalue weighted by molar-refractivity contribution is 9.10. The van der Waals surface area contributed by atoms with Crippen molar-refractivity contribution in [3.8, 4) is 6.07 Å². The van der Waals surface area contributed by atoms with Crippen molar-refractivity contribution >= 4 is 27.4 Å². The third-order valence-electron chi connectivity index (χ3n) is 2.83. The maximum Gasteiger partial charge on any atom is 0.433 e. The van der Waals surface area contributed by atoms with Crippen LogP contribution in [0.15, 0.2) is 34.8 Å². The second-order valence-electron chi connectivity index (χ2n) is 4.24. The van der Waals surface area contributed by atoms with Crippen molar-refractivity contribution in [2.45, 2.75) is 13.1 Å². The third-order valence-corrected chi connectivity index (χ3v) is 3.69. The van der Waals surface area contributed by atoms with Gasteiger partial charge in [-0.1, -0.05) is 22.0 Å². The molecule has 0 spiro atoms.